The molecule has 3 unspecified atom stereocenters. The Balaban J connectivity index is 0.912. The molecule has 9 rings (SSSR count). The minimum Gasteiger partial charge on any atom is -0.354 e. The predicted octanol–water partition coefficient (Wildman–Crippen LogP) is 9.51. The molecule has 6 nitrogen and oxygen atoms in total. The fourth-order valence-electron chi connectivity index (χ4n) is 8.21. The molecule has 3 aliphatic carbocycles. The maximum atomic E-state index is 16.5. The van der Waals surface area contributed by atoms with Gasteiger partial charge in [-0.15, -0.1) is 0 Å². The molecule has 52 heavy (non-hydrogen) atoms. The molecule has 3 atom stereocenters. The van der Waals surface area contributed by atoms with E-state index >= 15 is 4.39 Å². The Morgan fingerprint density at radius 1 is 0.673 bits per heavy atom. The van der Waals surface area contributed by atoms with Gasteiger partial charge in [-0.3, -0.25) is 0 Å². The first-order valence-corrected chi connectivity index (χ1v) is 18.4. The molecule has 8 heteroatoms. The summed E-state index contributed by atoms with van der Waals surface area (Å²) in [5.74, 6) is 0.737. The molecular formula is C44H40F2N6. The highest BCUT2D eigenvalue weighted by molar-refractivity contribution is 5.73. The molecule has 2 N–H and O–H groups in total. The molecule has 0 amide bonds. The van der Waals surface area contributed by atoms with Crippen molar-refractivity contribution in [2.45, 2.75) is 63.3 Å². The third-order valence-corrected chi connectivity index (χ3v) is 11.1. The topological polar surface area (TPSA) is 75.6 Å². The number of nitrogens with one attached hydrogen (secondary N) is 2. The van der Waals surface area contributed by atoms with Gasteiger partial charge >= 0.3 is 0 Å². The van der Waals surface area contributed by atoms with E-state index in [0.29, 0.717) is 60.4 Å². The molecule has 0 bridgehead atoms. The summed E-state index contributed by atoms with van der Waals surface area (Å²) in [6.07, 6.45) is 9.17. The SMILES string of the molecule is CC(CNc1ncc2c(n1)-c1ccccc1C(c1ccccc1F)C2)Cc1cccc(C2Cc3cnc(NC4CCC4)nc3-c3ccccc32)c1F. The van der Waals surface area contributed by atoms with Crippen LogP contribution in [0, 0.1) is 17.6 Å². The summed E-state index contributed by atoms with van der Waals surface area (Å²) in [5, 5.41) is 6.90. The molecular weight excluding hydrogens is 651 g/mol. The molecule has 0 saturated heterocycles. The summed E-state index contributed by atoms with van der Waals surface area (Å²) in [4.78, 5) is 19.2. The lowest BCUT2D eigenvalue weighted by Gasteiger charge is -2.30. The predicted molar refractivity (Wildman–Crippen MR) is 201 cm³/mol. The first-order chi connectivity index (χ1) is 25.5. The van der Waals surface area contributed by atoms with E-state index in [2.05, 4.69) is 51.8 Å². The minimum atomic E-state index is -0.199. The molecule has 6 aromatic rings. The molecule has 2 heterocycles. The second kappa shape index (κ2) is 13.6. The van der Waals surface area contributed by atoms with Crippen molar-refractivity contribution in [2.75, 3.05) is 17.2 Å². The molecule has 0 radical (unpaired) electrons. The van der Waals surface area contributed by atoms with Crippen molar-refractivity contribution < 1.29 is 8.78 Å². The number of halogens is 2. The van der Waals surface area contributed by atoms with Gasteiger partial charge in [-0.1, -0.05) is 91.9 Å². The summed E-state index contributed by atoms with van der Waals surface area (Å²) < 4.78 is 31.4. The molecule has 0 aliphatic heterocycles. The van der Waals surface area contributed by atoms with Crippen molar-refractivity contribution in [1.29, 1.82) is 0 Å². The van der Waals surface area contributed by atoms with Crippen molar-refractivity contribution >= 4 is 11.9 Å². The molecule has 1 saturated carbocycles. The molecule has 2 aromatic heterocycles. The first kappa shape index (κ1) is 32.4. The van der Waals surface area contributed by atoms with Crippen molar-refractivity contribution in [3.05, 3.63) is 154 Å². The third-order valence-electron chi connectivity index (χ3n) is 11.1. The Bertz CT molecular complexity index is 2280. The summed E-state index contributed by atoms with van der Waals surface area (Å²) in [5.41, 5.74) is 10.2. The summed E-state index contributed by atoms with van der Waals surface area (Å²) >= 11 is 0. The van der Waals surface area contributed by atoms with Gasteiger partial charge in [-0.25, -0.2) is 28.7 Å². The number of aromatic nitrogens is 4. The number of hydrogen-bond donors (Lipinski definition) is 2. The Morgan fingerprint density at radius 3 is 1.90 bits per heavy atom. The van der Waals surface area contributed by atoms with E-state index in [0.717, 1.165) is 57.6 Å². The van der Waals surface area contributed by atoms with Gasteiger partial charge in [0.2, 0.25) is 11.9 Å². The second-order valence-electron chi connectivity index (χ2n) is 14.6. The van der Waals surface area contributed by atoms with Gasteiger partial charge < -0.3 is 10.6 Å². The van der Waals surface area contributed by atoms with Gasteiger partial charge in [-0.05, 0) is 89.5 Å². The van der Waals surface area contributed by atoms with Crippen molar-refractivity contribution in [2.24, 2.45) is 5.92 Å². The van der Waals surface area contributed by atoms with Gasteiger partial charge in [0.1, 0.15) is 11.6 Å². The van der Waals surface area contributed by atoms with Gasteiger partial charge in [0.25, 0.3) is 0 Å². The Labute approximate surface area is 302 Å². The molecule has 260 valence electrons. The lowest BCUT2D eigenvalue weighted by Crippen LogP contribution is -2.28. The maximum Gasteiger partial charge on any atom is 0.223 e. The minimum absolute atomic E-state index is 0.102. The quantitative estimate of drug-likeness (QED) is 0.157. The Kier molecular flexibility index (Phi) is 8.45. The monoisotopic (exact) mass is 690 g/mol. The van der Waals surface area contributed by atoms with Gasteiger partial charge in [0.05, 0.1) is 11.4 Å². The first-order valence-electron chi connectivity index (χ1n) is 18.4. The van der Waals surface area contributed by atoms with Crippen LogP contribution >= 0.6 is 0 Å². The van der Waals surface area contributed by atoms with Crippen LogP contribution in [-0.2, 0) is 19.3 Å². The van der Waals surface area contributed by atoms with Gasteiger partial charge in [0, 0.05) is 47.9 Å². The molecule has 4 aromatic carbocycles. The second-order valence-corrected chi connectivity index (χ2v) is 14.6. The largest absolute Gasteiger partial charge is 0.354 e. The van der Waals surface area contributed by atoms with Crippen LogP contribution in [0.4, 0.5) is 20.7 Å². The average Bonchev–Trinajstić information content (AvgIpc) is 3.16. The third kappa shape index (κ3) is 6.00. The normalized spacial score (nSPS) is 17.9. The van der Waals surface area contributed by atoms with Crippen LogP contribution in [0.5, 0.6) is 0 Å². The lowest BCUT2D eigenvalue weighted by atomic mass is 9.77. The van der Waals surface area contributed by atoms with Crippen LogP contribution in [-0.4, -0.2) is 32.5 Å². The van der Waals surface area contributed by atoms with Gasteiger partial charge in [-0.2, -0.15) is 0 Å². The van der Waals surface area contributed by atoms with Crippen molar-refractivity contribution in [1.82, 2.24) is 19.9 Å². The van der Waals surface area contributed by atoms with Crippen LogP contribution in [0.15, 0.2) is 103 Å². The summed E-state index contributed by atoms with van der Waals surface area (Å²) in [6, 6.07) is 29.6. The van der Waals surface area contributed by atoms with Crippen LogP contribution in [0.25, 0.3) is 22.5 Å². The van der Waals surface area contributed by atoms with Crippen LogP contribution in [0.3, 0.4) is 0 Å². The van der Waals surface area contributed by atoms with Crippen LogP contribution in [0.2, 0.25) is 0 Å². The number of rotatable bonds is 9. The number of nitrogens with zero attached hydrogens (tertiary/aromatic N) is 4. The maximum absolute atomic E-state index is 16.5. The number of fused-ring (bicyclic) bond motifs is 6. The van der Waals surface area contributed by atoms with Crippen LogP contribution < -0.4 is 10.6 Å². The van der Waals surface area contributed by atoms with Crippen molar-refractivity contribution in [3.8, 4) is 22.5 Å². The molecule has 0 spiro atoms. The number of anilines is 2. The fraction of sp³-hybridized carbons (Fsp3) is 0.273. The van der Waals surface area contributed by atoms with Gasteiger partial charge in [0.15, 0.2) is 0 Å². The van der Waals surface area contributed by atoms with E-state index in [-0.39, 0.29) is 29.4 Å². The molecule has 1 fully saturated rings. The zero-order valence-corrected chi connectivity index (χ0v) is 29.1. The number of benzene rings is 4. The zero-order valence-electron chi connectivity index (χ0n) is 29.1. The van der Waals surface area contributed by atoms with E-state index < -0.39 is 0 Å². The van der Waals surface area contributed by atoms with E-state index in [1.165, 1.54) is 12.5 Å². The smallest absolute Gasteiger partial charge is 0.223 e. The summed E-state index contributed by atoms with van der Waals surface area (Å²) in [6.45, 7) is 2.70. The average molecular weight is 691 g/mol. The van der Waals surface area contributed by atoms with E-state index in [9.17, 15) is 4.39 Å². The standard InChI is InChI=1S/C44H40F2N6/c1-26(23-47-43-48-24-28-21-37(33-15-6-7-19-39(33)45)31-13-2-4-16-35(31)41(28)51-43)20-27-10-8-18-34(40(27)46)38-22-29-25-49-44(50-30-11-9-12-30)52-42(29)36-17-5-3-14-32(36)38/h2-8,10,13-19,24-26,30,37-38H,9,11-12,20-23H2,1H3,(H,47,48,51)(H,49,50,52). The fourth-order valence-corrected chi connectivity index (χ4v) is 8.21. The Morgan fingerprint density at radius 2 is 1.25 bits per heavy atom. The van der Waals surface area contributed by atoms with Crippen molar-refractivity contribution in [3.63, 3.8) is 0 Å². The molecule has 3 aliphatic rings. The summed E-state index contributed by atoms with van der Waals surface area (Å²) in [7, 11) is 0. The zero-order chi connectivity index (χ0) is 35.2. The number of hydrogen-bond acceptors (Lipinski definition) is 6. The van der Waals surface area contributed by atoms with Crippen LogP contribution in [0.1, 0.15) is 77.0 Å². The van der Waals surface area contributed by atoms with E-state index in [4.69, 9.17) is 9.97 Å². The highest BCUT2D eigenvalue weighted by atomic mass is 19.1. The lowest BCUT2D eigenvalue weighted by molar-refractivity contribution is 0.443. The van der Waals surface area contributed by atoms with E-state index in [1.807, 2.05) is 67.0 Å². The highest BCUT2D eigenvalue weighted by Crippen LogP contribution is 2.44. The highest BCUT2D eigenvalue weighted by Gasteiger charge is 2.31. The Hall–Kier alpha value is -5.50. The van der Waals surface area contributed by atoms with E-state index in [1.54, 1.807) is 6.07 Å².